The Bertz CT molecular complexity index is 699. The zero-order valence-corrected chi connectivity index (χ0v) is 14.5. The molecule has 1 saturated heterocycles. The van der Waals surface area contributed by atoms with E-state index < -0.39 is 27.3 Å². The summed E-state index contributed by atoms with van der Waals surface area (Å²) in [5, 5.41) is 12.0. The summed E-state index contributed by atoms with van der Waals surface area (Å²) < 4.78 is 31.6. The second kappa shape index (κ2) is 8.41. The Labute approximate surface area is 146 Å². The van der Waals surface area contributed by atoms with E-state index in [2.05, 4.69) is 10.0 Å². The second-order valence-electron chi connectivity index (χ2n) is 5.94. The number of sulfonamides is 1. The number of aliphatic carboxylic acids is 1. The molecular weight excluding hydrogens is 348 g/mol. The van der Waals surface area contributed by atoms with Gasteiger partial charge in [0.05, 0.1) is 10.3 Å². The van der Waals surface area contributed by atoms with E-state index >= 15 is 0 Å². The highest BCUT2D eigenvalue weighted by Crippen LogP contribution is 2.30. The van der Waals surface area contributed by atoms with Crippen LogP contribution in [0.2, 0.25) is 0 Å². The molecule has 1 aromatic carbocycles. The molecule has 9 heteroatoms. The fraction of sp³-hybridized carbons (Fsp3) is 0.500. The van der Waals surface area contributed by atoms with Gasteiger partial charge in [-0.2, -0.15) is 0 Å². The third-order valence-corrected chi connectivity index (χ3v) is 5.70. The zero-order chi connectivity index (χ0) is 18.3. The standard InChI is InChI=1S/C16H22N2O6S/c19-14(17-12-16(15(20)21)7-10-24-11-8-16)6-9-18-25(22,23)13-4-2-1-3-5-13/h1-5,18H,6-12H2,(H,17,19)(H,20,21). The summed E-state index contributed by atoms with van der Waals surface area (Å²) >= 11 is 0. The molecule has 1 amide bonds. The third kappa shape index (κ3) is 5.25. The molecule has 0 spiro atoms. The number of carboxylic acid groups (broad SMARTS) is 1. The summed E-state index contributed by atoms with van der Waals surface area (Å²) in [7, 11) is -3.66. The molecule has 2 rings (SSSR count). The first kappa shape index (κ1) is 19.4. The van der Waals surface area contributed by atoms with Gasteiger partial charge in [-0.1, -0.05) is 18.2 Å². The van der Waals surface area contributed by atoms with Crippen LogP contribution in [-0.4, -0.2) is 51.7 Å². The van der Waals surface area contributed by atoms with E-state index in [0.29, 0.717) is 26.1 Å². The molecule has 1 aliphatic heterocycles. The SMILES string of the molecule is O=C(CCNS(=O)(=O)c1ccccc1)NCC1(C(=O)O)CCOCC1. The van der Waals surface area contributed by atoms with E-state index in [-0.39, 0.29) is 24.4 Å². The van der Waals surface area contributed by atoms with Gasteiger partial charge in [0.15, 0.2) is 0 Å². The molecule has 1 aromatic rings. The second-order valence-corrected chi connectivity index (χ2v) is 7.70. The van der Waals surface area contributed by atoms with Crippen LogP contribution in [-0.2, 0) is 24.3 Å². The monoisotopic (exact) mass is 370 g/mol. The van der Waals surface area contributed by atoms with Crippen molar-refractivity contribution in [1.82, 2.24) is 10.0 Å². The normalized spacial score (nSPS) is 17.0. The minimum absolute atomic E-state index is 0.00988. The maximum atomic E-state index is 12.0. The van der Waals surface area contributed by atoms with Crippen LogP contribution in [0.5, 0.6) is 0 Å². The molecule has 1 heterocycles. The zero-order valence-electron chi connectivity index (χ0n) is 13.7. The van der Waals surface area contributed by atoms with Crippen LogP contribution in [0.15, 0.2) is 35.2 Å². The first-order valence-corrected chi connectivity index (χ1v) is 9.47. The first-order chi connectivity index (χ1) is 11.9. The molecule has 0 saturated carbocycles. The van der Waals surface area contributed by atoms with Crippen molar-refractivity contribution < 1.29 is 27.9 Å². The summed E-state index contributed by atoms with van der Waals surface area (Å²) in [4.78, 5) is 23.5. The lowest BCUT2D eigenvalue weighted by Gasteiger charge is -2.33. The van der Waals surface area contributed by atoms with Gasteiger partial charge in [0.2, 0.25) is 15.9 Å². The van der Waals surface area contributed by atoms with Gasteiger partial charge in [0.25, 0.3) is 0 Å². The lowest BCUT2D eigenvalue weighted by Crippen LogP contribution is -2.46. The van der Waals surface area contributed by atoms with Crippen molar-refractivity contribution in [3.8, 4) is 0 Å². The summed E-state index contributed by atoms with van der Waals surface area (Å²) in [5.41, 5.74) is -1.02. The molecule has 25 heavy (non-hydrogen) atoms. The van der Waals surface area contributed by atoms with E-state index in [9.17, 15) is 23.1 Å². The van der Waals surface area contributed by atoms with E-state index in [0.717, 1.165) is 0 Å². The molecule has 0 radical (unpaired) electrons. The Balaban J connectivity index is 1.80. The van der Waals surface area contributed by atoms with Crippen molar-refractivity contribution in [2.24, 2.45) is 5.41 Å². The molecule has 8 nitrogen and oxygen atoms in total. The third-order valence-electron chi connectivity index (χ3n) is 4.23. The Hall–Kier alpha value is -1.97. The van der Waals surface area contributed by atoms with Crippen molar-refractivity contribution in [3.63, 3.8) is 0 Å². The molecule has 138 valence electrons. The predicted molar refractivity (Wildman–Crippen MR) is 89.4 cm³/mol. The topological polar surface area (TPSA) is 122 Å². The van der Waals surface area contributed by atoms with E-state index in [4.69, 9.17) is 4.74 Å². The molecule has 0 aliphatic carbocycles. The van der Waals surface area contributed by atoms with Crippen molar-refractivity contribution in [2.45, 2.75) is 24.2 Å². The van der Waals surface area contributed by atoms with Crippen molar-refractivity contribution in [1.29, 1.82) is 0 Å². The van der Waals surface area contributed by atoms with Gasteiger partial charge in [0.1, 0.15) is 0 Å². The first-order valence-electron chi connectivity index (χ1n) is 7.98. The minimum Gasteiger partial charge on any atom is -0.481 e. The summed E-state index contributed by atoms with van der Waals surface area (Å²) in [6.45, 7) is 0.639. The summed E-state index contributed by atoms with van der Waals surface area (Å²) in [6.07, 6.45) is 0.602. The van der Waals surface area contributed by atoms with Crippen LogP contribution in [0.1, 0.15) is 19.3 Å². The predicted octanol–water partition coefficient (Wildman–Crippen LogP) is 0.353. The number of rotatable bonds is 8. The number of hydrogen-bond donors (Lipinski definition) is 3. The quantitative estimate of drug-likeness (QED) is 0.607. The number of amides is 1. The van der Waals surface area contributed by atoms with Crippen molar-refractivity contribution >= 4 is 21.9 Å². The highest BCUT2D eigenvalue weighted by atomic mass is 32.2. The lowest BCUT2D eigenvalue weighted by molar-refractivity contribution is -0.154. The summed E-state index contributed by atoms with van der Waals surface area (Å²) in [6, 6.07) is 7.86. The minimum atomic E-state index is -3.66. The Morgan fingerprint density at radius 3 is 2.40 bits per heavy atom. The van der Waals surface area contributed by atoms with E-state index in [1.165, 1.54) is 12.1 Å². The van der Waals surface area contributed by atoms with Gasteiger partial charge in [-0.15, -0.1) is 0 Å². The number of nitrogens with one attached hydrogen (secondary N) is 2. The fourth-order valence-corrected chi connectivity index (χ4v) is 3.62. The van der Waals surface area contributed by atoms with Crippen LogP contribution < -0.4 is 10.0 Å². The number of hydrogen-bond acceptors (Lipinski definition) is 5. The number of carbonyl (C=O) groups excluding carboxylic acids is 1. The number of benzene rings is 1. The maximum absolute atomic E-state index is 12.0. The van der Waals surface area contributed by atoms with Crippen LogP contribution in [0.4, 0.5) is 0 Å². The Kier molecular flexibility index (Phi) is 6.51. The lowest BCUT2D eigenvalue weighted by atomic mass is 9.80. The van der Waals surface area contributed by atoms with Crippen LogP contribution >= 0.6 is 0 Å². The average Bonchev–Trinajstić information content (AvgIpc) is 2.61. The van der Waals surface area contributed by atoms with Gasteiger partial charge >= 0.3 is 5.97 Å². The molecule has 0 atom stereocenters. The average molecular weight is 370 g/mol. The molecular formula is C16H22N2O6S. The molecule has 0 bridgehead atoms. The van der Waals surface area contributed by atoms with Crippen molar-refractivity contribution in [3.05, 3.63) is 30.3 Å². The number of ether oxygens (including phenoxy) is 1. The highest BCUT2D eigenvalue weighted by Gasteiger charge is 2.40. The van der Waals surface area contributed by atoms with Crippen LogP contribution in [0, 0.1) is 5.41 Å². The van der Waals surface area contributed by atoms with Crippen molar-refractivity contribution in [2.75, 3.05) is 26.3 Å². The van der Waals surface area contributed by atoms with Crippen LogP contribution in [0.3, 0.4) is 0 Å². The van der Waals surface area contributed by atoms with Gasteiger partial charge in [-0.25, -0.2) is 13.1 Å². The van der Waals surface area contributed by atoms with Gasteiger partial charge in [0, 0.05) is 32.7 Å². The Morgan fingerprint density at radius 2 is 1.80 bits per heavy atom. The largest absolute Gasteiger partial charge is 0.481 e. The Morgan fingerprint density at radius 1 is 1.16 bits per heavy atom. The maximum Gasteiger partial charge on any atom is 0.311 e. The molecule has 1 aliphatic rings. The molecule has 0 aromatic heterocycles. The van der Waals surface area contributed by atoms with Gasteiger partial charge < -0.3 is 15.2 Å². The van der Waals surface area contributed by atoms with E-state index in [1.54, 1.807) is 18.2 Å². The molecule has 1 fully saturated rings. The van der Waals surface area contributed by atoms with Gasteiger partial charge in [-0.05, 0) is 25.0 Å². The number of carbonyl (C=O) groups is 2. The number of carboxylic acids is 1. The van der Waals surface area contributed by atoms with E-state index in [1.807, 2.05) is 0 Å². The highest BCUT2D eigenvalue weighted by molar-refractivity contribution is 7.89. The molecule has 3 N–H and O–H groups in total. The van der Waals surface area contributed by atoms with Gasteiger partial charge in [-0.3, -0.25) is 9.59 Å². The smallest absolute Gasteiger partial charge is 0.311 e. The summed E-state index contributed by atoms with van der Waals surface area (Å²) in [5.74, 6) is -1.36. The molecule has 0 unspecified atom stereocenters. The van der Waals surface area contributed by atoms with Crippen LogP contribution in [0.25, 0.3) is 0 Å². The fourth-order valence-electron chi connectivity index (χ4n) is 2.57.